The minimum absolute atomic E-state index is 0.468. The van der Waals surface area contributed by atoms with Crippen LogP contribution in [0.15, 0.2) is 76.4 Å². The Labute approximate surface area is 208 Å². The molecule has 2 heteroatoms. The minimum atomic E-state index is 0.468. The molecule has 0 saturated carbocycles. The lowest BCUT2D eigenvalue weighted by atomic mass is 9.86. The second-order valence-electron chi connectivity index (χ2n) is 10.5. The molecule has 1 aliphatic heterocycles. The van der Waals surface area contributed by atoms with Crippen LogP contribution in [0.3, 0.4) is 0 Å². The maximum Gasteiger partial charge on any atom is 0.278 e. The smallest absolute Gasteiger partial charge is 0.278 e. The van der Waals surface area contributed by atoms with Crippen molar-refractivity contribution in [1.29, 1.82) is 0 Å². The van der Waals surface area contributed by atoms with Crippen LogP contribution in [0.1, 0.15) is 55.9 Å². The summed E-state index contributed by atoms with van der Waals surface area (Å²) < 4.78 is 8.43. The van der Waals surface area contributed by atoms with E-state index in [4.69, 9.17) is 4.42 Å². The van der Waals surface area contributed by atoms with Gasteiger partial charge in [0.25, 0.3) is 11.2 Å². The molecular formula is C33H33NO. The highest BCUT2D eigenvalue weighted by molar-refractivity contribution is 6.06. The summed E-state index contributed by atoms with van der Waals surface area (Å²) in [6, 6.07) is 19.1. The fourth-order valence-corrected chi connectivity index (χ4v) is 6.00. The number of hydrogen-bond acceptors (Lipinski definition) is 0. The van der Waals surface area contributed by atoms with Gasteiger partial charge in [-0.2, -0.15) is 0 Å². The highest BCUT2D eigenvalue weighted by atomic mass is 16.3. The van der Waals surface area contributed by atoms with Gasteiger partial charge >= 0.3 is 0 Å². The summed E-state index contributed by atoms with van der Waals surface area (Å²) in [5.41, 5.74) is 12.6. The molecule has 176 valence electrons. The van der Waals surface area contributed by atoms with E-state index in [2.05, 4.69) is 95.2 Å². The van der Waals surface area contributed by atoms with Crippen molar-refractivity contribution in [2.45, 2.75) is 53.4 Å². The van der Waals surface area contributed by atoms with Crippen LogP contribution in [-0.2, 0) is 12.8 Å². The number of fused-ring (bicyclic) bond motifs is 4. The Balaban J connectivity index is 1.47. The average molecular weight is 460 g/mol. The molecule has 0 radical (unpaired) electrons. The lowest BCUT2D eigenvalue weighted by Crippen LogP contribution is -2.19. The summed E-state index contributed by atoms with van der Waals surface area (Å²) in [5.74, 6) is 0.468. The second-order valence-corrected chi connectivity index (χ2v) is 10.5. The highest BCUT2D eigenvalue weighted by Crippen LogP contribution is 2.39. The fourth-order valence-electron chi connectivity index (χ4n) is 6.00. The van der Waals surface area contributed by atoms with Gasteiger partial charge in [-0.1, -0.05) is 55.7 Å². The van der Waals surface area contributed by atoms with E-state index in [1.807, 2.05) is 4.58 Å². The fraction of sp³-hybridized carbons (Fsp3) is 0.273. The molecule has 2 aliphatic rings. The van der Waals surface area contributed by atoms with Gasteiger partial charge in [0.05, 0.1) is 6.72 Å². The van der Waals surface area contributed by atoms with Crippen molar-refractivity contribution in [1.82, 2.24) is 0 Å². The molecule has 2 nitrogen and oxygen atoms in total. The number of rotatable bonds is 3. The van der Waals surface area contributed by atoms with Crippen molar-refractivity contribution in [2.75, 3.05) is 0 Å². The SMILES string of the molecule is C=[N+]1C=C(C)C(C(C)C)=C[C-]1c1cc2c(cc1C)[o+][c-]1cc(-c3cccc4c3CCCC4)ccc21. The Morgan fingerprint density at radius 2 is 1.86 bits per heavy atom. The van der Waals surface area contributed by atoms with Crippen molar-refractivity contribution in [3.05, 3.63) is 100 Å². The van der Waals surface area contributed by atoms with Gasteiger partial charge in [-0.15, -0.1) is 18.2 Å². The molecule has 0 saturated heterocycles. The molecule has 3 aromatic carbocycles. The number of benzene rings is 3. The zero-order valence-electron chi connectivity index (χ0n) is 21.2. The van der Waals surface area contributed by atoms with E-state index in [-0.39, 0.29) is 0 Å². The van der Waals surface area contributed by atoms with E-state index < -0.39 is 0 Å². The molecule has 2 heterocycles. The van der Waals surface area contributed by atoms with E-state index >= 15 is 0 Å². The third kappa shape index (κ3) is 3.63. The number of allylic oxidation sites excluding steroid dienone is 2. The lowest BCUT2D eigenvalue weighted by Gasteiger charge is -2.26. The van der Waals surface area contributed by atoms with Gasteiger partial charge in [0.15, 0.2) is 0 Å². The van der Waals surface area contributed by atoms with Gasteiger partial charge in [0, 0.05) is 0 Å². The summed E-state index contributed by atoms with van der Waals surface area (Å²) in [6.45, 7) is 13.1. The lowest BCUT2D eigenvalue weighted by molar-refractivity contribution is -0.419. The Hall–Kier alpha value is -3.52. The molecule has 0 spiro atoms. The number of aryl methyl sites for hydroxylation is 2. The van der Waals surface area contributed by atoms with Crippen LogP contribution in [-0.4, -0.2) is 11.3 Å². The highest BCUT2D eigenvalue weighted by Gasteiger charge is 2.24. The van der Waals surface area contributed by atoms with Gasteiger partial charge < -0.3 is 0 Å². The quantitative estimate of drug-likeness (QED) is 0.170. The van der Waals surface area contributed by atoms with Gasteiger partial charge in [-0.25, -0.2) is 0 Å². The van der Waals surface area contributed by atoms with E-state index in [9.17, 15) is 0 Å². The molecule has 4 aromatic rings. The Kier molecular flexibility index (Phi) is 5.21. The van der Waals surface area contributed by atoms with Crippen LogP contribution in [0.25, 0.3) is 33.1 Å². The first-order chi connectivity index (χ1) is 16.9. The zero-order chi connectivity index (χ0) is 24.3. The van der Waals surface area contributed by atoms with Crippen LogP contribution in [0.2, 0.25) is 0 Å². The summed E-state index contributed by atoms with van der Waals surface area (Å²) >= 11 is 0. The number of furan rings is 1. The summed E-state index contributed by atoms with van der Waals surface area (Å²) in [7, 11) is 0. The minimum Gasteiger partial charge on any atom is -0.287 e. The average Bonchev–Trinajstić information content (AvgIpc) is 3.19. The molecule has 35 heavy (non-hydrogen) atoms. The second kappa shape index (κ2) is 8.30. The molecule has 1 aliphatic carbocycles. The molecule has 0 atom stereocenters. The van der Waals surface area contributed by atoms with Crippen molar-refractivity contribution in [2.24, 2.45) is 5.92 Å². The molecule has 0 amide bonds. The van der Waals surface area contributed by atoms with E-state index in [1.165, 1.54) is 75.6 Å². The van der Waals surface area contributed by atoms with Crippen LogP contribution >= 0.6 is 0 Å². The topological polar surface area (TPSA) is 14.3 Å². The third-order valence-electron chi connectivity index (χ3n) is 7.83. The van der Waals surface area contributed by atoms with Crippen molar-refractivity contribution in [3.8, 4) is 11.1 Å². The van der Waals surface area contributed by atoms with Crippen molar-refractivity contribution < 1.29 is 8.99 Å². The summed E-state index contributed by atoms with van der Waals surface area (Å²) in [4.78, 5) is 0. The van der Waals surface area contributed by atoms with Crippen molar-refractivity contribution >= 4 is 28.7 Å². The van der Waals surface area contributed by atoms with Gasteiger partial charge in [-0.05, 0) is 95.3 Å². The molecular weight excluding hydrogens is 426 g/mol. The van der Waals surface area contributed by atoms with E-state index in [0.29, 0.717) is 5.92 Å². The molecule has 0 bridgehead atoms. The van der Waals surface area contributed by atoms with E-state index in [0.717, 1.165) is 22.6 Å². The van der Waals surface area contributed by atoms with Gasteiger partial charge in [0.1, 0.15) is 12.2 Å². The van der Waals surface area contributed by atoms with Gasteiger partial charge in [0.2, 0.25) is 0 Å². The first-order valence-electron chi connectivity index (χ1n) is 12.9. The van der Waals surface area contributed by atoms with Crippen LogP contribution in [0.4, 0.5) is 0 Å². The van der Waals surface area contributed by atoms with E-state index in [1.54, 1.807) is 0 Å². The monoisotopic (exact) mass is 459 g/mol. The van der Waals surface area contributed by atoms with Gasteiger partial charge in [-0.3, -0.25) is 8.99 Å². The number of hydrogen-bond donors (Lipinski definition) is 0. The summed E-state index contributed by atoms with van der Waals surface area (Å²) in [6.07, 6.45) is 9.40. The first-order valence-corrected chi connectivity index (χ1v) is 12.9. The largest absolute Gasteiger partial charge is 0.287 e. The Morgan fingerprint density at radius 1 is 1.03 bits per heavy atom. The molecule has 1 aromatic heterocycles. The molecule has 0 fully saturated rings. The maximum absolute atomic E-state index is 6.42. The van der Waals surface area contributed by atoms with Crippen LogP contribution in [0.5, 0.6) is 0 Å². The standard InChI is InChI=1S/C33H33NO/c1-20(2)28-18-31(34(5)19-22(28)4)29-17-30-27-14-13-24(16-33(27)35-32(30)15-21(29)3)26-12-8-10-23-9-6-7-11-25(23)26/h8,10,12-20H,5-7,9,11H2,1-4H3. The predicted octanol–water partition coefficient (Wildman–Crippen LogP) is 8.53. The Bertz CT molecular complexity index is 1560. The molecule has 0 unspecified atom stereocenters. The number of nitrogens with zero attached hydrogens (tertiary/aromatic N) is 1. The maximum atomic E-state index is 6.42. The Morgan fingerprint density at radius 3 is 2.69 bits per heavy atom. The van der Waals surface area contributed by atoms with Crippen LogP contribution in [0, 0.1) is 18.9 Å². The predicted molar refractivity (Wildman–Crippen MR) is 147 cm³/mol. The van der Waals surface area contributed by atoms with Crippen molar-refractivity contribution in [3.63, 3.8) is 0 Å². The van der Waals surface area contributed by atoms with Crippen LogP contribution < -0.4 is 0 Å². The normalized spacial score (nSPS) is 16.1. The zero-order valence-corrected chi connectivity index (χ0v) is 21.2. The summed E-state index contributed by atoms with van der Waals surface area (Å²) in [5, 5.41) is 2.33. The molecule has 6 rings (SSSR count). The molecule has 0 N–H and O–H groups in total. The first kappa shape index (κ1) is 22.0. The third-order valence-corrected chi connectivity index (χ3v) is 7.83.